The molecule has 1 aromatic rings. The fraction of sp³-hybridized carbons (Fsp3) is 0.647. The summed E-state index contributed by atoms with van der Waals surface area (Å²) < 4.78 is 28.1. The van der Waals surface area contributed by atoms with Gasteiger partial charge in [-0.25, -0.2) is 0 Å². The zero-order chi connectivity index (χ0) is 17.1. The SMILES string of the molecule is COC[C@H](COc1ccc(B2OC(C)(C)C(C)(C)O2)cc1)OC. The Morgan fingerprint density at radius 3 is 2.00 bits per heavy atom. The number of rotatable bonds is 7. The smallest absolute Gasteiger partial charge is 0.491 e. The van der Waals surface area contributed by atoms with Crippen molar-refractivity contribution in [3.05, 3.63) is 24.3 Å². The quantitative estimate of drug-likeness (QED) is 0.719. The molecule has 0 saturated carbocycles. The van der Waals surface area contributed by atoms with Gasteiger partial charge >= 0.3 is 7.12 Å². The van der Waals surface area contributed by atoms with Crippen LogP contribution in [0.4, 0.5) is 0 Å². The summed E-state index contributed by atoms with van der Waals surface area (Å²) in [6, 6.07) is 7.77. The van der Waals surface area contributed by atoms with Gasteiger partial charge in [0.05, 0.1) is 17.8 Å². The molecule has 0 unspecified atom stereocenters. The lowest BCUT2D eigenvalue weighted by molar-refractivity contribution is 0.000880. The first-order chi connectivity index (χ1) is 10.8. The second kappa shape index (κ2) is 7.22. The summed E-state index contributed by atoms with van der Waals surface area (Å²) in [6.07, 6.45) is -0.0808. The minimum atomic E-state index is -0.353. The van der Waals surface area contributed by atoms with Crippen molar-refractivity contribution in [2.24, 2.45) is 0 Å². The van der Waals surface area contributed by atoms with Crippen LogP contribution in [0.2, 0.25) is 0 Å². The van der Waals surface area contributed by atoms with Crippen LogP contribution in [0.5, 0.6) is 5.75 Å². The predicted octanol–water partition coefficient (Wildman–Crippen LogP) is 2.03. The Morgan fingerprint density at radius 1 is 0.957 bits per heavy atom. The van der Waals surface area contributed by atoms with E-state index >= 15 is 0 Å². The highest BCUT2D eigenvalue weighted by Gasteiger charge is 2.51. The molecule has 1 aliphatic rings. The highest BCUT2D eigenvalue weighted by atomic mass is 16.7. The lowest BCUT2D eigenvalue weighted by Gasteiger charge is -2.32. The van der Waals surface area contributed by atoms with Gasteiger partial charge in [-0.2, -0.15) is 0 Å². The Kier molecular flexibility index (Phi) is 5.73. The van der Waals surface area contributed by atoms with Crippen LogP contribution in [-0.4, -0.2) is 51.9 Å². The van der Waals surface area contributed by atoms with Crippen LogP contribution < -0.4 is 10.2 Å². The lowest BCUT2D eigenvalue weighted by Crippen LogP contribution is -2.41. The van der Waals surface area contributed by atoms with Gasteiger partial charge in [-0.3, -0.25) is 0 Å². The summed E-state index contributed by atoms with van der Waals surface area (Å²) in [6.45, 7) is 9.13. The van der Waals surface area contributed by atoms with Gasteiger partial charge < -0.3 is 23.5 Å². The molecule has 0 bridgehead atoms. The largest absolute Gasteiger partial charge is 0.494 e. The molecule has 1 atom stereocenters. The molecule has 5 nitrogen and oxygen atoms in total. The minimum absolute atomic E-state index is 0.0808. The molecular formula is C17H27BO5. The summed E-state index contributed by atoms with van der Waals surface area (Å²) in [4.78, 5) is 0. The molecule has 6 heteroatoms. The maximum atomic E-state index is 6.04. The summed E-state index contributed by atoms with van der Waals surface area (Å²) in [5, 5.41) is 0. The third-order valence-electron chi connectivity index (χ3n) is 4.53. The van der Waals surface area contributed by atoms with E-state index in [0.29, 0.717) is 13.2 Å². The Labute approximate surface area is 139 Å². The standard InChI is InChI=1S/C17H27BO5/c1-16(2)17(3,4)23-18(22-16)13-7-9-14(10-8-13)21-12-15(20-6)11-19-5/h7-10,15H,11-12H2,1-6H3/t15-/m1/s1. The number of methoxy groups -OCH3 is 2. The van der Waals surface area contributed by atoms with Crippen molar-refractivity contribution in [2.75, 3.05) is 27.4 Å². The maximum Gasteiger partial charge on any atom is 0.494 e. The van der Waals surface area contributed by atoms with Crippen molar-refractivity contribution in [1.82, 2.24) is 0 Å². The Morgan fingerprint density at radius 2 is 1.52 bits per heavy atom. The van der Waals surface area contributed by atoms with Crippen molar-refractivity contribution in [2.45, 2.75) is 45.0 Å². The first-order valence-electron chi connectivity index (χ1n) is 7.89. The molecular weight excluding hydrogens is 295 g/mol. The van der Waals surface area contributed by atoms with Crippen LogP contribution in [0, 0.1) is 0 Å². The van der Waals surface area contributed by atoms with Crippen molar-refractivity contribution in [1.29, 1.82) is 0 Å². The molecule has 0 spiro atoms. The van der Waals surface area contributed by atoms with Gasteiger partial charge in [0, 0.05) is 14.2 Å². The van der Waals surface area contributed by atoms with Gasteiger partial charge in [-0.1, -0.05) is 12.1 Å². The summed E-state index contributed by atoms with van der Waals surface area (Å²) in [5.41, 5.74) is 0.313. The third-order valence-corrected chi connectivity index (χ3v) is 4.53. The first-order valence-corrected chi connectivity index (χ1v) is 7.89. The Balaban J connectivity index is 1.95. The minimum Gasteiger partial charge on any atom is -0.491 e. The van der Waals surface area contributed by atoms with Gasteiger partial charge in [0.15, 0.2) is 0 Å². The van der Waals surface area contributed by atoms with E-state index in [4.69, 9.17) is 23.5 Å². The molecule has 1 aromatic carbocycles. The van der Waals surface area contributed by atoms with Crippen LogP contribution in [0.25, 0.3) is 0 Å². The number of benzene rings is 1. The summed E-state index contributed by atoms with van der Waals surface area (Å²) >= 11 is 0. The maximum absolute atomic E-state index is 6.04. The van der Waals surface area contributed by atoms with Crippen molar-refractivity contribution >= 4 is 12.6 Å². The molecule has 128 valence electrons. The van der Waals surface area contributed by atoms with E-state index in [9.17, 15) is 0 Å². The average Bonchev–Trinajstić information content (AvgIpc) is 2.72. The van der Waals surface area contributed by atoms with E-state index in [2.05, 4.69) is 0 Å². The van der Waals surface area contributed by atoms with E-state index in [1.165, 1.54) is 0 Å². The summed E-state index contributed by atoms with van der Waals surface area (Å²) in [5.74, 6) is 0.781. The van der Waals surface area contributed by atoms with E-state index in [1.54, 1.807) is 14.2 Å². The number of hydrogen-bond donors (Lipinski definition) is 0. The monoisotopic (exact) mass is 322 g/mol. The van der Waals surface area contributed by atoms with Crippen LogP contribution in [0.1, 0.15) is 27.7 Å². The molecule has 2 rings (SSSR count). The van der Waals surface area contributed by atoms with E-state index in [-0.39, 0.29) is 24.4 Å². The van der Waals surface area contributed by atoms with E-state index in [1.807, 2.05) is 52.0 Å². The highest BCUT2D eigenvalue weighted by molar-refractivity contribution is 6.62. The first kappa shape index (κ1) is 18.3. The molecule has 0 aromatic heterocycles. The molecule has 23 heavy (non-hydrogen) atoms. The van der Waals surface area contributed by atoms with E-state index in [0.717, 1.165) is 11.2 Å². The molecule has 1 saturated heterocycles. The van der Waals surface area contributed by atoms with Crippen molar-refractivity contribution < 1.29 is 23.5 Å². The molecule has 0 N–H and O–H groups in total. The lowest BCUT2D eigenvalue weighted by atomic mass is 9.79. The molecule has 1 fully saturated rings. The van der Waals surface area contributed by atoms with Gasteiger partial charge in [-0.15, -0.1) is 0 Å². The molecule has 1 aliphatic heterocycles. The van der Waals surface area contributed by atoms with Gasteiger partial charge in [0.1, 0.15) is 18.5 Å². The second-order valence-electron chi connectivity index (χ2n) is 6.78. The topological polar surface area (TPSA) is 46.2 Å². The summed E-state index contributed by atoms with van der Waals surface area (Å²) in [7, 11) is 2.94. The van der Waals surface area contributed by atoms with Crippen LogP contribution in [0.15, 0.2) is 24.3 Å². The predicted molar refractivity (Wildman–Crippen MR) is 90.3 cm³/mol. The van der Waals surface area contributed by atoms with Crippen LogP contribution >= 0.6 is 0 Å². The average molecular weight is 322 g/mol. The van der Waals surface area contributed by atoms with E-state index < -0.39 is 0 Å². The highest BCUT2D eigenvalue weighted by Crippen LogP contribution is 2.36. The molecule has 0 amide bonds. The number of ether oxygens (including phenoxy) is 3. The fourth-order valence-electron chi connectivity index (χ4n) is 2.26. The van der Waals surface area contributed by atoms with Crippen LogP contribution in [-0.2, 0) is 18.8 Å². The van der Waals surface area contributed by atoms with Crippen molar-refractivity contribution in [3.8, 4) is 5.75 Å². The fourth-order valence-corrected chi connectivity index (χ4v) is 2.26. The molecule has 0 radical (unpaired) electrons. The molecule has 1 heterocycles. The zero-order valence-electron chi connectivity index (χ0n) is 14.9. The number of hydrogen-bond acceptors (Lipinski definition) is 5. The molecule has 0 aliphatic carbocycles. The zero-order valence-corrected chi connectivity index (χ0v) is 14.9. The third kappa shape index (κ3) is 4.26. The van der Waals surface area contributed by atoms with Crippen LogP contribution in [0.3, 0.4) is 0 Å². The van der Waals surface area contributed by atoms with Gasteiger partial charge in [0.25, 0.3) is 0 Å². The Bertz CT molecular complexity index is 484. The normalized spacial score (nSPS) is 20.5. The van der Waals surface area contributed by atoms with Crippen molar-refractivity contribution in [3.63, 3.8) is 0 Å². The second-order valence-corrected chi connectivity index (χ2v) is 6.78. The van der Waals surface area contributed by atoms with Gasteiger partial charge in [0.2, 0.25) is 0 Å². The Hall–Kier alpha value is -1.08. The van der Waals surface area contributed by atoms with Gasteiger partial charge in [-0.05, 0) is 45.3 Å².